The number of nitrogens with zero attached hydrogens (tertiary/aromatic N) is 3. The van der Waals surface area contributed by atoms with Crippen molar-refractivity contribution in [1.82, 2.24) is 20.1 Å². The summed E-state index contributed by atoms with van der Waals surface area (Å²) in [5, 5.41) is 14.7. The Balaban J connectivity index is 1.49. The van der Waals surface area contributed by atoms with Crippen molar-refractivity contribution in [2.75, 3.05) is 19.6 Å². The Labute approximate surface area is 253 Å². The molecule has 42 heavy (non-hydrogen) atoms. The molecule has 1 aliphatic heterocycles. The number of likely N-dealkylation sites (tertiary alicyclic amines) is 1. The van der Waals surface area contributed by atoms with Gasteiger partial charge in [-0.3, -0.25) is 24.1 Å². The first-order chi connectivity index (χ1) is 20.7. The van der Waals surface area contributed by atoms with Gasteiger partial charge in [-0.05, 0) is 58.4 Å². The number of carboxylic acids is 1. The van der Waals surface area contributed by atoms with Crippen LogP contribution in [0, 0.1) is 0 Å². The molecule has 0 spiro atoms. The van der Waals surface area contributed by atoms with Crippen LogP contribution in [0.2, 0.25) is 0 Å². The standard InChI is InChI=1S/C31H43N5O5S/c1-21(36(19-27(37)38)23-13-6-3-7-14-23)31(41)35-18-10-16-26(35)29(40)33-24(15-8-9-17-32)28(39)30-34-25(20-42-30)22-11-4-2-5-12-22/h2,4-5,11-12,20-21,23-24,26H,3,6-10,13-19,32H2,1H3,(H,33,40)(H,37,38)/t21-,24-,26-/m0/s1/i19D/t19?,21-,24-,26-. The monoisotopic (exact) mass is 598 g/mol. The van der Waals surface area contributed by atoms with Gasteiger partial charge in [-0.2, -0.15) is 0 Å². The molecule has 1 saturated heterocycles. The topological polar surface area (TPSA) is 146 Å². The summed E-state index contributed by atoms with van der Waals surface area (Å²) >= 11 is 1.24. The van der Waals surface area contributed by atoms with Gasteiger partial charge in [-0.25, -0.2) is 4.98 Å². The van der Waals surface area contributed by atoms with Crippen molar-refractivity contribution in [3.63, 3.8) is 0 Å². The summed E-state index contributed by atoms with van der Waals surface area (Å²) < 4.78 is 8.33. The lowest BCUT2D eigenvalue weighted by Crippen LogP contribution is -2.57. The lowest BCUT2D eigenvalue weighted by molar-refractivity contribution is -0.147. The maximum atomic E-state index is 13.8. The minimum atomic E-state index is -1.57. The minimum Gasteiger partial charge on any atom is -0.480 e. The molecule has 2 heterocycles. The molecule has 0 bridgehead atoms. The van der Waals surface area contributed by atoms with Gasteiger partial charge in [0, 0.05) is 23.5 Å². The van der Waals surface area contributed by atoms with Gasteiger partial charge in [-0.15, -0.1) is 11.3 Å². The van der Waals surface area contributed by atoms with Gasteiger partial charge in [-0.1, -0.05) is 49.6 Å². The second-order valence-electron chi connectivity index (χ2n) is 11.2. The Morgan fingerprint density at radius 3 is 2.57 bits per heavy atom. The molecule has 1 unspecified atom stereocenters. The second kappa shape index (κ2) is 15.4. The van der Waals surface area contributed by atoms with E-state index < -0.39 is 36.5 Å². The van der Waals surface area contributed by atoms with Crippen LogP contribution in [0.5, 0.6) is 0 Å². The molecule has 1 aromatic carbocycles. The number of benzene rings is 1. The number of Topliss-reactive ketones (excluding diaryl/α,β-unsaturated/α-hetero) is 1. The fourth-order valence-electron chi connectivity index (χ4n) is 6.02. The van der Waals surface area contributed by atoms with Crippen LogP contribution < -0.4 is 11.1 Å². The predicted octanol–water partition coefficient (Wildman–Crippen LogP) is 3.71. The van der Waals surface area contributed by atoms with Crippen LogP contribution in [0.1, 0.15) is 82.3 Å². The maximum Gasteiger partial charge on any atom is 0.317 e. The van der Waals surface area contributed by atoms with Crippen LogP contribution in [-0.2, 0) is 14.4 Å². The van der Waals surface area contributed by atoms with Gasteiger partial charge >= 0.3 is 5.97 Å². The quantitative estimate of drug-likeness (QED) is 0.220. The largest absolute Gasteiger partial charge is 0.480 e. The third kappa shape index (κ3) is 8.02. The number of nitrogens with two attached hydrogens (primary N) is 1. The number of rotatable bonds is 14. The molecule has 11 heteroatoms. The molecule has 1 aliphatic carbocycles. The summed E-state index contributed by atoms with van der Waals surface area (Å²) in [6.45, 7) is 0.896. The predicted molar refractivity (Wildman–Crippen MR) is 162 cm³/mol. The number of carboxylic acid groups (broad SMARTS) is 1. The van der Waals surface area contributed by atoms with Crippen LogP contribution in [0.25, 0.3) is 11.3 Å². The summed E-state index contributed by atoms with van der Waals surface area (Å²) in [6, 6.07) is 6.92. The number of carbonyl (C=O) groups is 4. The molecule has 0 radical (unpaired) electrons. The maximum absolute atomic E-state index is 13.8. The molecule has 2 amide bonds. The van der Waals surface area contributed by atoms with Gasteiger partial charge in [0.25, 0.3) is 0 Å². The van der Waals surface area contributed by atoms with E-state index in [4.69, 9.17) is 7.10 Å². The van der Waals surface area contributed by atoms with Gasteiger partial charge in [0.2, 0.25) is 17.6 Å². The van der Waals surface area contributed by atoms with Gasteiger partial charge in [0.05, 0.1) is 25.7 Å². The second-order valence-corrected chi connectivity index (χ2v) is 12.0. The highest BCUT2D eigenvalue weighted by Gasteiger charge is 2.40. The fourth-order valence-corrected chi connectivity index (χ4v) is 6.84. The van der Waals surface area contributed by atoms with Crippen LogP contribution in [0.15, 0.2) is 35.7 Å². The van der Waals surface area contributed by atoms with Crippen molar-refractivity contribution in [2.24, 2.45) is 5.73 Å². The van der Waals surface area contributed by atoms with Crippen molar-refractivity contribution in [3.8, 4) is 11.3 Å². The average Bonchev–Trinajstić information content (AvgIpc) is 3.72. The number of hydrogen-bond acceptors (Lipinski definition) is 8. The minimum absolute atomic E-state index is 0.176. The van der Waals surface area contributed by atoms with E-state index in [1.807, 2.05) is 35.7 Å². The van der Waals surface area contributed by atoms with E-state index in [0.29, 0.717) is 55.9 Å². The number of amides is 2. The number of ketones is 1. The van der Waals surface area contributed by atoms with Gasteiger partial charge in [0.1, 0.15) is 6.04 Å². The first-order valence-corrected chi connectivity index (χ1v) is 15.9. The zero-order valence-electron chi connectivity index (χ0n) is 25.2. The Hall–Kier alpha value is -3.15. The van der Waals surface area contributed by atoms with Crippen molar-refractivity contribution in [3.05, 3.63) is 40.7 Å². The zero-order valence-corrected chi connectivity index (χ0v) is 25.1. The van der Waals surface area contributed by atoms with Crippen LogP contribution in [0.3, 0.4) is 0 Å². The Morgan fingerprint density at radius 1 is 1.14 bits per heavy atom. The highest BCUT2D eigenvalue weighted by Crippen LogP contribution is 2.27. The number of aliphatic carboxylic acids is 1. The molecular formula is C31H43N5O5S. The van der Waals surface area contributed by atoms with E-state index in [1.54, 1.807) is 6.92 Å². The van der Waals surface area contributed by atoms with Crippen molar-refractivity contribution in [2.45, 2.75) is 95.3 Å². The van der Waals surface area contributed by atoms with Crippen molar-refractivity contribution in [1.29, 1.82) is 0 Å². The molecule has 2 aromatic rings. The smallest absolute Gasteiger partial charge is 0.317 e. The van der Waals surface area contributed by atoms with Crippen LogP contribution >= 0.6 is 11.3 Å². The van der Waals surface area contributed by atoms with Crippen molar-refractivity contribution < 1.29 is 25.7 Å². The molecule has 1 saturated carbocycles. The SMILES string of the molecule is [2H]C(C(=O)O)N(C1CCCCC1)[C@@H](C)C(=O)N1CCC[C@H]1C(=O)N[C@@H](CCCCN)C(=O)c1nc(-c2ccccc2)cs1. The zero-order chi connectivity index (χ0) is 30.9. The molecular weight excluding hydrogens is 554 g/mol. The summed E-state index contributed by atoms with van der Waals surface area (Å²) in [6.07, 6.45) is 7.17. The molecule has 10 nitrogen and oxygen atoms in total. The number of carbonyl (C=O) groups excluding carboxylic acids is 3. The molecule has 4 N–H and O–H groups in total. The number of aromatic nitrogens is 1. The number of unbranched alkanes of at least 4 members (excludes halogenated alkanes) is 1. The van der Waals surface area contributed by atoms with E-state index in [1.165, 1.54) is 21.1 Å². The Morgan fingerprint density at radius 2 is 1.88 bits per heavy atom. The van der Waals surface area contributed by atoms with E-state index in [9.17, 15) is 24.3 Å². The van der Waals surface area contributed by atoms with E-state index in [2.05, 4.69) is 10.3 Å². The third-order valence-electron chi connectivity index (χ3n) is 8.26. The van der Waals surface area contributed by atoms with E-state index >= 15 is 0 Å². The summed E-state index contributed by atoms with van der Waals surface area (Å²) in [5.41, 5.74) is 7.28. The first kappa shape index (κ1) is 30.3. The highest BCUT2D eigenvalue weighted by atomic mass is 32.1. The van der Waals surface area contributed by atoms with Crippen LogP contribution in [-0.4, -0.2) is 87.2 Å². The lowest BCUT2D eigenvalue weighted by Gasteiger charge is -2.39. The molecule has 2 aliphatic rings. The Kier molecular flexibility index (Phi) is 11.1. The molecule has 2 fully saturated rings. The highest BCUT2D eigenvalue weighted by molar-refractivity contribution is 7.12. The van der Waals surface area contributed by atoms with Crippen molar-refractivity contribution >= 4 is 34.9 Å². The Bertz CT molecular complexity index is 1250. The average molecular weight is 599 g/mol. The first-order valence-electron chi connectivity index (χ1n) is 15.6. The van der Waals surface area contributed by atoms with E-state index in [-0.39, 0.29) is 17.7 Å². The van der Waals surface area contributed by atoms with Gasteiger partial charge in [0.15, 0.2) is 5.01 Å². The molecule has 1 aromatic heterocycles. The summed E-state index contributed by atoms with van der Waals surface area (Å²) in [4.78, 5) is 60.4. The van der Waals surface area contributed by atoms with Crippen LogP contribution in [0.4, 0.5) is 0 Å². The third-order valence-corrected chi connectivity index (χ3v) is 9.12. The number of hydrogen-bond donors (Lipinski definition) is 3. The molecule has 4 atom stereocenters. The number of nitrogens with one attached hydrogen (secondary N) is 1. The lowest BCUT2D eigenvalue weighted by atomic mass is 9.93. The normalized spacial score (nSPS) is 20.1. The molecule has 228 valence electrons. The van der Waals surface area contributed by atoms with Gasteiger partial charge < -0.3 is 21.1 Å². The molecule has 4 rings (SSSR count). The summed E-state index contributed by atoms with van der Waals surface area (Å²) in [7, 11) is 0. The van der Waals surface area contributed by atoms with E-state index in [0.717, 1.165) is 37.7 Å². The summed E-state index contributed by atoms with van der Waals surface area (Å²) in [5.74, 6) is -2.34. The fraction of sp³-hybridized carbons (Fsp3) is 0.581. The number of thiazole rings is 1.